The van der Waals surface area contributed by atoms with E-state index >= 15 is 0 Å². The number of furan rings is 1. The van der Waals surface area contributed by atoms with Crippen molar-refractivity contribution in [1.29, 1.82) is 0 Å². The van der Waals surface area contributed by atoms with E-state index in [1.807, 2.05) is 30.5 Å². The molecule has 0 atom stereocenters. The van der Waals surface area contributed by atoms with Crippen LogP contribution in [0.4, 0.5) is 0 Å². The molecule has 0 unspecified atom stereocenters. The second kappa shape index (κ2) is 3.24. The molecule has 0 aliphatic carbocycles. The molecule has 0 aliphatic heterocycles. The Labute approximate surface area is 87.2 Å². The molecular weight excluding hydrogens is 186 g/mol. The number of aromatic nitrogens is 1. The molecule has 1 radical (unpaired) electrons. The van der Waals surface area contributed by atoms with Gasteiger partial charge in [0.25, 0.3) is 0 Å². The molecule has 0 saturated carbocycles. The van der Waals surface area contributed by atoms with Crippen molar-refractivity contribution in [3.05, 3.63) is 55.1 Å². The van der Waals surface area contributed by atoms with Crippen molar-refractivity contribution in [3.8, 4) is 11.1 Å². The highest BCUT2D eigenvalue weighted by molar-refractivity contribution is 5.82. The summed E-state index contributed by atoms with van der Waals surface area (Å²) in [4.78, 5) is 4.09. The fraction of sp³-hybridized carbons (Fsp3) is 0. The summed E-state index contributed by atoms with van der Waals surface area (Å²) in [6, 6.07) is 13.0. The maximum absolute atomic E-state index is 5.26. The number of rotatable bonds is 1. The normalized spacial score (nSPS) is 10.7. The zero-order chi connectivity index (χ0) is 10.1. The van der Waals surface area contributed by atoms with Crippen LogP contribution >= 0.6 is 0 Å². The first kappa shape index (κ1) is 8.24. The van der Waals surface area contributed by atoms with E-state index in [2.05, 4.69) is 17.1 Å². The average Bonchev–Trinajstić information content (AvgIpc) is 2.77. The van der Waals surface area contributed by atoms with Crippen LogP contribution in [0.1, 0.15) is 0 Å². The van der Waals surface area contributed by atoms with Crippen molar-refractivity contribution in [2.75, 3.05) is 0 Å². The third kappa shape index (κ3) is 1.40. The lowest BCUT2D eigenvalue weighted by Crippen LogP contribution is -1.78. The maximum Gasteiger partial charge on any atom is 0.134 e. The van der Waals surface area contributed by atoms with Gasteiger partial charge in [-0.15, -0.1) is 0 Å². The predicted octanol–water partition coefficient (Wildman–Crippen LogP) is 3.29. The Hall–Kier alpha value is -2.09. The van der Waals surface area contributed by atoms with Crippen molar-refractivity contribution in [2.24, 2.45) is 0 Å². The van der Waals surface area contributed by atoms with Crippen molar-refractivity contribution < 1.29 is 4.42 Å². The van der Waals surface area contributed by atoms with Gasteiger partial charge in [0.05, 0.1) is 6.26 Å². The summed E-state index contributed by atoms with van der Waals surface area (Å²) >= 11 is 0. The second-order valence-electron chi connectivity index (χ2n) is 3.33. The van der Waals surface area contributed by atoms with E-state index in [-0.39, 0.29) is 0 Å². The largest absolute Gasteiger partial charge is 0.464 e. The quantitative estimate of drug-likeness (QED) is 0.594. The molecule has 0 aliphatic rings. The molecular formula is C13H8NO. The predicted molar refractivity (Wildman–Crippen MR) is 58.3 cm³/mol. The van der Waals surface area contributed by atoms with Crippen molar-refractivity contribution in [2.45, 2.75) is 0 Å². The topological polar surface area (TPSA) is 26.0 Å². The van der Waals surface area contributed by atoms with Crippen LogP contribution in [0.5, 0.6) is 0 Å². The number of nitrogens with zero attached hydrogens (tertiary/aromatic N) is 1. The number of hydrogen-bond acceptors (Lipinski definition) is 2. The summed E-state index contributed by atoms with van der Waals surface area (Å²) in [6.07, 6.45) is 5.28. The van der Waals surface area contributed by atoms with Gasteiger partial charge in [0, 0.05) is 23.3 Å². The van der Waals surface area contributed by atoms with E-state index in [4.69, 9.17) is 4.42 Å². The van der Waals surface area contributed by atoms with Crippen LogP contribution in [0.3, 0.4) is 0 Å². The standard InChI is InChI=1S/C13H8NO/c1-2-12(9-14-6-1)10-3-4-13-11(8-10)5-7-15-13/h1-2,4-9H. The van der Waals surface area contributed by atoms with E-state index in [0.29, 0.717) is 0 Å². The Morgan fingerprint density at radius 2 is 2.27 bits per heavy atom. The van der Waals surface area contributed by atoms with E-state index in [1.54, 1.807) is 12.5 Å². The summed E-state index contributed by atoms with van der Waals surface area (Å²) in [6.45, 7) is 0. The van der Waals surface area contributed by atoms with Crippen LogP contribution in [0.15, 0.2) is 53.4 Å². The van der Waals surface area contributed by atoms with Gasteiger partial charge >= 0.3 is 0 Å². The first-order chi connectivity index (χ1) is 7.43. The molecule has 0 bridgehead atoms. The number of benzene rings is 1. The van der Waals surface area contributed by atoms with Crippen molar-refractivity contribution in [3.63, 3.8) is 0 Å². The van der Waals surface area contributed by atoms with Gasteiger partial charge in [-0.05, 0) is 35.9 Å². The Balaban J connectivity index is 2.19. The van der Waals surface area contributed by atoms with Crippen LogP contribution in [0.25, 0.3) is 22.1 Å². The van der Waals surface area contributed by atoms with Gasteiger partial charge in [0.1, 0.15) is 5.58 Å². The minimum absolute atomic E-state index is 0.864. The third-order valence-corrected chi connectivity index (χ3v) is 2.36. The lowest BCUT2D eigenvalue weighted by molar-refractivity contribution is 0.616. The second-order valence-corrected chi connectivity index (χ2v) is 3.33. The average molecular weight is 194 g/mol. The smallest absolute Gasteiger partial charge is 0.134 e. The van der Waals surface area contributed by atoms with Gasteiger partial charge in [0.2, 0.25) is 0 Å². The highest BCUT2D eigenvalue weighted by Gasteiger charge is 2.01. The van der Waals surface area contributed by atoms with E-state index in [1.165, 1.54) is 0 Å². The first-order valence-electron chi connectivity index (χ1n) is 4.73. The molecule has 2 heteroatoms. The zero-order valence-electron chi connectivity index (χ0n) is 7.97. The Kier molecular flexibility index (Phi) is 1.78. The number of fused-ring (bicyclic) bond motifs is 1. The highest BCUT2D eigenvalue weighted by Crippen LogP contribution is 2.23. The van der Waals surface area contributed by atoms with E-state index in [0.717, 1.165) is 22.1 Å². The fourth-order valence-electron chi connectivity index (χ4n) is 1.60. The molecule has 15 heavy (non-hydrogen) atoms. The van der Waals surface area contributed by atoms with Crippen molar-refractivity contribution in [1.82, 2.24) is 4.98 Å². The van der Waals surface area contributed by atoms with Crippen LogP contribution in [0, 0.1) is 6.07 Å². The Morgan fingerprint density at radius 1 is 1.27 bits per heavy atom. The highest BCUT2D eigenvalue weighted by atomic mass is 16.3. The minimum atomic E-state index is 0.864. The van der Waals surface area contributed by atoms with Gasteiger partial charge in [-0.1, -0.05) is 6.07 Å². The molecule has 0 fully saturated rings. The first-order valence-corrected chi connectivity index (χ1v) is 4.73. The molecule has 3 rings (SSSR count). The van der Waals surface area contributed by atoms with Gasteiger partial charge in [-0.25, -0.2) is 0 Å². The lowest BCUT2D eigenvalue weighted by atomic mass is 10.1. The summed E-state index contributed by atoms with van der Waals surface area (Å²) in [5.74, 6) is 0. The zero-order valence-corrected chi connectivity index (χ0v) is 7.97. The summed E-state index contributed by atoms with van der Waals surface area (Å²) in [7, 11) is 0. The molecule has 71 valence electrons. The third-order valence-electron chi connectivity index (χ3n) is 2.36. The molecule has 1 aromatic carbocycles. The number of hydrogen-bond donors (Lipinski definition) is 0. The van der Waals surface area contributed by atoms with E-state index in [9.17, 15) is 0 Å². The van der Waals surface area contributed by atoms with Gasteiger partial charge in [-0.3, -0.25) is 4.98 Å². The minimum Gasteiger partial charge on any atom is -0.464 e. The monoisotopic (exact) mass is 194 g/mol. The summed E-state index contributed by atoms with van der Waals surface area (Å²) < 4.78 is 5.26. The molecule has 2 heterocycles. The number of pyridine rings is 1. The van der Waals surface area contributed by atoms with Crippen LogP contribution in [0.2, 0.25) is 0 Å². The molecule has 0 spiro atoms. The van der Waals surface area contributed by atoms with Gasteiger partial charge in [-0.2, -0.15) is 0 Å². The van der Waals surface area contributed by atoms with Gasteiger partial charge < -0.3 is 4.42 Å². The van der Waals surface area contributed by atoms with Gasteiger partial charge in [0.15, 0.2) is 0 Å². The molecule has 0 saturated heterocycles. The van der Waals surface area contributed by atoms with Crippen LogP contribution in [-0.2, 0) is 0 Å². The molecule has 2 nitrogen and oxygen atoms in total. The van der Waals surface area contributed by atoms with E-state index < -0.39 is 0 Å². The molecule has 0 N–H and O–H groups in total. The summed E-state index contributed by atoms with van der Waals surface area (Å²) in [5.41, 5.74) is 2.97. The molecule has 0 amide bonds. The fourth-order valence-corrected chi connectivity index (χ4v) is 1.60. The molecule has 2 aromatic heterocycles. The Bertz CT molecular complexity index is 584. The van der Waals surface area contributed by atoms with Crippen LogP contribution < -0.4 is 0 Å². The summed E-state index contributed by atoms with van der Waals surface area (Å²) in [5, 5.41) is 1.09. The Morgan fingerprint density at radius 3 is 3.13 bits per heavy atom. The van der Waals surface area contributed by atoms with Crippen LogP contribution in [-0.4, -0.2) is 4.98 Å². The molecule has 3 aromatic rings. The van der Waals surface area contributed by atoms with Crippen molar-refractivity contribution >= 4 is 11.0 Å². The lowest BCUT2D eigenvalue weighted by Gasteiger charge is -1.99. The SMILES string of the molecule is [c]1cc2occc2cc1-c1cccnc1. The maximum atomic E-state index is 5.26.